The highest BCUT2D eigenvalue weighted by atomic mass is 32.1. The zero-order chi connectivity index (χ0) is 17.5. The van der Waals surface area contributed by atoms with Crippen molar-refractivity contribution in [3.05, 3.63) is 34.8 Å². The molecule has 1 saturated heterocycles. The van der Waals surface area contributed by atoms with E-state index < -0.39 is 0 Å². The van der Waals surface area contributed by atoms with Crippen LogP contribution >= 0.6 is 11.3 Å². The van der Waals surface area contributed by atoms with E-state index >= 15 is 0 Å². The van der Waals surface area contributed by atoms with E-state index in [1.165, 1.54) is 23.4 Å². The molecule has 5 rings (SSSR count). The minimum absolute atomic E-state index is 0.292. The molecule has 1 aromatic heterocycles. The van der Waals surface area contributed by atoms with Gasteiger partial charge in [0.1, 0.15) is 5.01 Å². The third-order valence-electron chi connectivity index (χ3n) is 5.89. The van der Waals surface area contributed by atoms with Crippen LogP contribution < -0.4 is 9.80 Å². The molecule has 1 aliphatic carbocycles. The number of nitrogens with zero attached hydrogens (tertiary/aromatic N) is 4. The van der Waals surface area contributed by atoms with E-state index in [0.29, 0.717) is 24.2 Å². The minimum Gasteiger partial charge on any atom is -0.347 e. The number of carbonyl (C=O) groups is 1. The number of amides is 1. The van der Waals surface area contributed by atoms with Crippen LogP contribution in [0.2, 0.25) is 0 Å². The van der Waals surface area contributed by atoms with Gasteiger partial charge in [0.2, 0.25) is 11.0 Å². The van der Waals surface area contributed by atoms with Gasteiger partial charge in [-0.1, -0.05) is 29.5 Å². The lowest BCUT2D eigenvalue weighted by atomic mass is 9.93. The molecule has 2 aromatic rings. The van der Waals surface area contributed by atoms with E-state index in [1.54, 1.807) is 11.3 Å². The molecule has 2 fully saturated rings. The maximum absolute atomic E-state index is 12.8. The van der Waals surface area contributed by atoms with Crippen molar-refractivity contribution >= 4 is 28.1 Å². The molecule has 2 aliphatic heterocycles. The Bertz CT molecular complexity index is 808. The van der Waals surface area contributed by atoms with Crippen molar-refractivity contribution in [3.8, 4) is 0 Å². The molecule has 0 radical (unpaired) electrons. The summed E-state index contributed by atoms with van der Waals surface area (Å²) in [5.41, 5.74) is 2.43. The summed E-state index contributed by atoms with van der Waals surface area (Å²) in [6.07, 6.45) is 6.35. The fourth-order valence-electron chi connectivity index (χ4n) is 4.13. The number of para-hydroxylation sites is 1. The zero-order valence-electron chi connectivity index (χ0n) is 14.9. The molecule has 1 amide bonds. The Balaban J connectivity index is 1.16. The molecule has 0 N–H and O–H groups in total. The highest BCUT2D eigenvalue weighted by molar-refractivity contribution is 7.15. The molecular formula is C20H24N4OS. The van der Waals surface area contributed by atoms with Gasteiger partial charge in [0, 0.05) is 37.7 Å². The Morgan fingerprint density at radius 2 is 1.88 bits per heavy atom. The molecule has 0 unspecified atom stereocenters. The van der Waals surface area contributed by atoms with Crippen molar-refractivity contribution in [2.24, 2.45) is 5.92 Å². The largest absolute Gasteiger partial charge is 0.347 e. The first-order chi connectivity index (χ1) is 12.8. The molecule has 3 heterocycles. The summed E-state index contributed by atoms with van der Waals surface area (Å²) in [6, 6.07) is 8.31. The smallest absolute Gasteiger partial charge is 0.227 e. The maximum Gasteiger partial charge on any atom is 0.227 e. The van der Waals surface area contributed by atoms with Crippen LogP contribution in [-0.2, 0) is 11.2 Å². The highest BCUT2D eigenvalue weighted by Crippen LogP contribution is 2.43. The van der Waals surface area contributed by atoms with Gasteiger partial charge in [0.25, 0.3) is 0 Å². The van der Waals surface area contributed by atoms with Crippen molar-refractivity contribution in [1.29, 1.82) is 0 Å². The first kappa shape index (κ1) is 16.2. The van der Waals surface area contributed by atoms with Gasteiger partial charge >= 0.3 is 0 Å². The first-order valence-corrected chi connectivity index (χ1v) is 10.6. The van der Waals surface area contributed by atoms with Crippen molar-refractivity contribution < 1.29 is 4.79 Å². The third-order valence-corrected chi connectivity index (χ3v) is 7.04. The minimum atomic E-state index is 0.292. The normalized spacial score (nSPS) is 20.5. The molecule has 136 valence electrons. The van der Waals surface area contributed by atoms with Gasteiger partial charge < -0.3 is 9.80 Å². The molecule has 3 aliphatic rings. The predicted octanol–water partition coefficient (Wildman–Crippen LogP) is 3.61. The Kier molecular flexibility index (Phi) is 4.15. The molecule has 0 spiro atoms. The second-order valence-electron chi connectivity index (χ2n) is 7.76. The number of hydrogen-bond donors (Lipinski definition) is 0. The van der Waals surface area contributed by atoms with Crippen LogP contribution in [0.3, 0.4) is 0 Å². The molecule has 0 bridgehead atoms. The van der Waals surface area contributed by atoms with E-state index in [2.05, 4.69) is 33.3 Å². The number of rotatable bonds is 4. The Morgan fingerprint density at radius 1 is 1.08 bits per heavy atom. The van der Waals surface area contributed by atoms with Gasteiger partial charge in [-0.25, -0.2) is 0 Å². The van der Waals surface area contributed by atoms with Crippen LogP contribution in [-0.4, -0.2) is 35.7 Å². The van der Waals surface area contributed by atoms with E-state index in [4.69, 9.17) is 0 Å². The second-order valence-corrected chi connectivity index (χ2v) is 8.74. The summed E-state index contributed by atoms with van der Waals surface area (Å²) in [6.45, 7) is 2.83. The van der Waals surface area contributed by atoms with Crippen molar-refractivity contribution in [3.63, 3.8) is 0 Å². The summed E-state index contributed by atoms with van der Waals surface area (Å²) >= 11 is 1.77. The highest BCUT2D eigenvalue weighted by Gasteiger charge is 2.31. The number of piperidine rings is 1. The molecule has 1 aromatic carbocycles. The number of carbonyl (C=O) groups excluding carboxylic acids is 1. The molecular weight excluding hydrogens is 344 g/mol. The van der Waals surface area contributed by atoms with Crippen LogP contribution in [0.4, 0.5) is 10.8 Å². The fraction of sp³-hybridized carbons (Fsp3) is 0.550. The number of hydrogen-bond acceptors (Lipinski definition) is 5. The summed E-state index contributed by atoms with van der Waals surface area (Å²) in [7, 11) is 0. The van der Waals surface area contributed by atoms with Crippen LogP contribution in [0.25, 0.3) is 0 Å². The lowest BCUT2D eigenvalue weighted by molar-refractivity contribution is -0.119. The number of benzene rings is 1. The van der Waals surface area contributed by atoms with Gasteiger partial charge in [-0.3, -0.25) is 4.79 Å². The Labute approximate surface area is 158 Å². The van der Waals surface area contributed by atoms with E-state index in [-0.39, 0.29) is 0 Å². The predicted molar refractivity (Wildman–Crippen MR) is 104 cm³/mol. The van der Waals surface area contributed by atoms with Crippen molar-refractivity contribution in [2.75, 3.05) is 29.4 Å². The lowest BCUT2D eigenvalue weighted by Gasteiger charge is -2.32. The molecule has 6 heteroatoms. The maximum atomic E-state index is 12.8. The van der Waals surface area contributed by atoms with Crippen LogP contribution in [0.15, 0.2) is 24.3 Å². The Hall–Kier alpha value is -1.95. The number of aromatic nitrogens is 2. The van der Waals surface area contributed by atoms with Crippen LogP contribution in [0.5, 0.6) is 0 Å². The lowest BCUT2D eigenvalue weighted by Crippen LogP contribution is -2.37. The van der Waals surface area contributed by atoms with E-state index in [0.717, 1.165) is 49.7 Å². The van der Waals surface area contributed by atoms with Crippen LogP contribution in [0, 0.1) is 5.92 Å². The van der Waals surface area contributed by atoms with Gasteiger partial charge in [0.15, 0.2) is 0 Å². The number of anilines is 2. The topological polar surface area (TPSA) is 49.3 Å². The Morgan fingerprint density at radius 3 is 2.69 bits per heavy atom. The quantitative estimate of drug-likeness (QED) is 0.827. The van der Waals surface area contributed by atoms with E-state index in [1.807, 2.05) is 11.0 Å². The van der Waals surface area contributed by atoms with E-state index in [9.17, 15) is 4.79 Å². The van der Waals surface area contributed by atoms with Crippen molar-refractivity contribution in [1.82, 2.24) is 10.2 Å². The summed E-state index contributed by atoms with van der Waals surface area (Å²) in [5.74, 6) is 1.46. The SMILES string of the molecule is O=C(CC1CCN(c2nnc(C3CC3)s2)CC1)N1CCc2ccccc21. The molecule has 0 atom stereocenters. The van der Waals surface area contributed by atoms with Crippen LogP contribution in [0.1, 0.15) is 48.6 Å². The number of fused-ring (bicyclic) bond motifs is 1. The average molecular weight is 369 g/mol. The van der Waals surface area contributed by atoms with Gasteiger partial charge in [-0.05, 0) is 49.7 Å². The van der Waals surface area contributed by atoms with Gasteiger partial charge in [-0.15, -0.1) is 10.2 Å². The third kappa shape index (κ3) is 3.11. The fourth-order valence-corrected chi connectivity index (χ4v) is 5.20. The van der Waals surface area contributed by atoms with Gasteiger partial charge in [-0.2, -0.15) is 0 Å². The molecule has 1 saturated carbocycles. The first-order valence-electron chi connectivity index (χ1n) is 9.74. The second kappa shape index (κ2) is 6.65. The molecule has 26 heavy (non-hydrogen) atoms. The summed E-state index contributed by atoms with van der Waals surface area (Å²) < 4.78 is 0. The average Bonchev–Trinajstić information content (AvgIpc) is 3.24. The standard InChI is InChI=1S/C20H24N4OS/c25-18(24-12-9-15-3-1-2-4-17(15)24)13-14-7-10-23(11-8-14)20-22-21-19(26-20)16-5-6-16/h1-4,14,16H,5-13H2. The van der Waals surface area contributed by atoms with Gasteiger partial charge in [0.05, 0.1) is 0 Å². The molecule has 5 nitrogen and oxygen atoms in total. The monoisotopic (exact) mass is 368 g/mol. The summed E-state index contributed by atoms with van der Waals surface area (Å²) in [5, 5.41) is 11.0. The van der Waals surface area contributed by atoms with Crippen molar-refractivity contribution in [2.45, 2.75) is 44.4 Å². The zero-order valence-corrected chi connectivity index (χ0v) is 15.7. The summed E-state index contributed by atoms with van der Waals surface area (Å²) in [4.78, 5) is 17.2.